The monoisotopic (exact) mass is 342 g/mol. The number of hydrogen-bond donors (Lipinski definition) is 0. The van der Waals surface area contributed by atoms with Gasteiger partial charge in [-0.05, 0) is 12.1 Å². The van der Waals surface area contributed by atoms with Gasteiger partial charge in [0.15, 0.2) is 6.10 Å². The summed E-state index contributed by atoms with van der Waals surface area (Å²) in [6.07, 6.45) is 2.19. The van der Waals surface area contributed by atoms with Crippen molar-refractivity contribution in [1.82, 2.24) is 0 Å². The summed E-state index contributed by atoms with van der Waals surface area (Å²) in [6, 6.07) is 11.5. The van der Waals surface area contributed by atoms with E-state index in [4.69, 9.17) is 18.9 Å². The first-order valence-corrected chi connectivity index (χ1v) is 7.89. The average Bonchev–Trinajstić information content (AvgIpc) is 2.65. The molecule has 0 saturated heterocycles. The fourth-order valence-corrected chi connectivity index (χ4v) is 2.34. The van der Waals surface area contributed by atoms with Gasteiger partial charge in [0.05, 0.1) is 20.3 Å². The maximum absolute atomic E-state index is 11.5. The number of methoxy groups -OCH3 is 1. The minimum Gasteiger partial charge on any atom is -0.496 e. The van der Waals surface area contributed by atoms with Crippen molar-refractivity contribution in [1.29, 1.82) is 0 Å². The first-order valence-electron chi connectivity index (χ1n) is 7.89. The Hall–Kier alpha value is -2.79. The van der Waals surface area contributed by atoms with Gasteiger partial charge in [0.2, 0.25) is 0 Å². The van der Waals surface area contributed by atoms with E-state index in [9.17, 15) is 4.79 Å². The third-order valence-corrected chi connectivity index (χ3v) is 3.48. The van der Waals surface area contributed by atoms with Gasteiger partial charge in [-0.15, -0.1) is 6.58 Å². The van der Waals surface area contributed by atoms with Gasteiger partial charge in [0, 0.05) is 16.8 Å². The van der Waals surface area contributed by atoms with Gasteiger partial charge in [-0.1, -0.05) is 36.9 Å². The first kappa shape index (κ1) is 18.5. The molecule has 0 saturated carbocycles. The molecule has 1 unspecified atom stereocenters. The van der Waals surface area contributed by atoms with Crippen molar-refractivity contribution in [2.45, 2.75) is 6.10 Å². The SMILES string of the molecule is C=CCOCC(COc1ccc(OC)c2ccccc12)OC(=O)C=C. The van der Waals surface area contributed by atoms with E-state index in [1.807, 2.05) is 36.4 Å². The second kappa shape index (κ2) is 9.49. The molecule has 0 aromatic heterocycles. The first-order chi connectivity index (χ1) is 12.2. The van der Waals surface area contributed by atoms with E-state index >= 15 is 0 Å². The zero-order valence-electron chi connectivity index (χ0n) is 14.3. The molecule has 132 valence electrons. The van der Waals surface area contributed by atoms with Crippen LogP contribution in [0.4, 0.5) is 0 Å². The highest BCUT2D eigenvalue weighted by Gasteiger charge is 2.15. The van der Waals surface area contributed by atoms with E-state index in [1.165, 1.54) is 0 Å². The van der Waals surface area contributed by atoms with E-state index in [0.717, 1.165) is 22.6 Å². The normalized spacial score (nSPS) is 11.6. The second-order valence-corrected chi connectivity index (χ2v) is 5.21. The molecule has 0 N–H and O–H groups in total. The molecule has 0 bridgehead atoms. The molecule has 0 radical (unpaired) electrons. The van der Waals surface area contributed by atoms with Crippen LogP contribution in [0.5, 0.6) is 11.5 Å². The van der Waals surface area contributed by atoms with E-state index in [2.05, 4.69) is 13.2 Å². The molecular weight excluding hydrogens is 320 g/mol. The number of rotatable bonds is 10. The Morgan fingerprint density at radius 3 is 2.40 bits per heavy atom. The molecule has 2 aromatic carbocycles. The maximum atomic E-state index is 11.5. The summed E-state index contributed by atoms with van der Waals surface area (Å²) in [7, 11) is 1.63. The van der Waals surface area contributed by atoms with Crippen LogP contribution in [-0.4, -0.2) is 39.0 Å². The van der Waals surface area contributed by atoms with E-state index in [0.29, 0.717) is 12.4 Å². The van der Waals surface area contributed by atoms with Crippen LogP contribution in [0, 0.1) is 0 Å². The number of esters is 1. The molecule has 0 heterocycles. The Bertz CT molecular complexity index is 738. The predicted octanol–water partition coefficient (Wildman–Crippen LogP) is 3.53. The third kappa shape index (κ3) is 5.09. The molecule has 0 aliphatic rings. The number of hydrogen-bond acceptors (Lipinski definition) is 5. The third-order valence-electron chi connectivity index (χ3n) is 3.48. The lowest BCUT2D eigenvalue weighted by molar-refractivity contribution is -0.147. The fraction of sp³-hybridized carbons (Fsp3) is 0.250. The van der Waals surface area contributed by atoms with Gasteiger partial charge in [-0.25, -0.2) is 4.79 Å². The van der Waals surface area contributed by atoms with Crippen molar-refractivity contribution in [3.63, 3.8) is 0 Å². The summed E-state index contributed by atoms with van der Waals surface area (Å²) in [4.78, 5) is 11.5. The van der Waals surface area contributed by atoms with E-state index < -0.39 is 12.1 Å². The maximum Gasteiger partial charge on any atom is 0.330 e. The van der Waals surface area contributed by atoms with E-state index in [1.54, 1.807) is 13.2 Å². The zero-order valence-corrected chi connectivity index (χ0v) is 14.3. The van der Waals surface area contributed by atoms with Gasteiger partial charge < -0.3 is 18.9 Å². The molecule has 1 atom stereocenters. The molecule has 0 spiro atoms. The fourth-order valence-electron chi connectivity index (χ4n) is 2.34. The van der Waals surface area contributed by atoms with Crippen LogP contribution in [0.2, 0.25) is 0 Å². The summed E-state index contributed by atoms with van der Waals surface area (Å²) < 4.78 is 21.9. The van der Waals surface area contributed by atoms with Crippen molar-refractivity contribution in [3.05, 3.63) is 61.7 Å². The summed E-state index contributed by atoms with van der Waals surface area (Å²) in [5.74, 6) is 0.932. The Balaban J connectivity index is 2.13. The molecule has 0 aliphatic carbocycles. The van der Waals surface area contributed by atoms with Crippen LogP contribution in [0.3, 0.4) is 0 Å². The smallest absolute Gasteiger partial charge is 0.330 e. The van der Waals surface area contributed by atoms with Gasteiger partial charge in [-0.2, -0.15) is 0 Å². The second-order valence-electron chi connectivity index (χ2n) is 5.21. The van der Waals surface area contributed by atoms with Crippen LogP contribution in [-0.2, 0) is 14.3 Å². The molecule has 25 heavy (non-hydrogen) atoms. The van der Waals surface area contributed by atoms with Crippen LogP contribution in [0.25, 0.3) is 10.8 Å². The van der Waals surface area contributed by atoms with Gasteiger partial charge in [0.25, 0.3) is 0 Å². The standard InChI is InChI=1S/C20H22O5/c1-4-12-23-13-15(25-20(21)5-2)14-24-19-11-10-18(22-3)16-8-6-7-9-17(16)19/h4-11,15H,1-2,12-14H2,3H3. The van der Waals surface area contributed by atoms with Crippen molar-refractivity contribution in [2.24, 2.45) is 0 Å². The largest absolute Gasteiger partial charge is 0.496 e. The Labute approximate surface area is 147 Å². The van der Waals surface area contributed by atoms with Crippen LogP contribution in [0.1, 0.15) is 0 Å². The van der Waals surface area contributed by atoms with Gasteiger partial charge in [0.1, 0.15) is 18.1 Å². The number of ether oxygens (including phenoxy) is 4. The molecule has 5 heteroatoms. The van der Waals surface area contributed by atoms with Crippen LogP contribution >= 0.6 is 0 Å². The highest BCUT2D eigenvalue weighted by atomic mass is 16.6. The van der Waals surface area contributed by atoms with Crippen molar-refractivity contribution < 1.29 is 23.7 Å². The minimum absolute atomic E-state index is 0.160. The molecule has 0 aliphatic heterocycles. The topological polar surface area (TPSA) is 54.0 Å². The predicted molar refractivity (Wildman–Crippen MR) is 97.1 cm³/mol. The van der Waals surface area contributed by atoms with E-state index in [-0.39, 0.29) is 13.2 Å². The summed E-state index contributed by atoms with van der Waals surface area (Å²) >= 11 is 0. The molecule has 2 aromatic rings. The number of fused-ring (bicyclic) bond motifs is 1. The molecule has 0 amide bonds. The number of benzene rings is 2. The van der Waals surface area contributed by atoms with Crippen molar-refractivity contribution in [2.75, 3.05) is 26.9 Å². The molecular formula is C20H22O5. The molecule has 5 nitrogen and oxygen atoms in total. The number of carbonyl (C=O) groups is 1. The van der Waals surface area contributed by atoms with Gasteiger partial charge >= 0.3 is 5.97 Å². The lowest BCUT2D eigenvalue weighted by Crippen LogP contribution is -2.29. The Morgan fingerprint density at radius 1 is 1.08 bits per heavy atom. The lowest BCUT2D eigenvalue weighted by Gasteiger charge is -2.19. The molecule has 2 rings (SSSR count). The lowest BCUT2D eigenvalue weighted by atomic mass is 10.1. The van der Waals surface area contributed by atoms with Gasteiger partial charge in [-0.3, -0.25) is 0 Å². The number of carbonyl (C=O) groups excluding carboxylic acids is 1. The Morgan fingerprint density at radius 2 is 1.76 bits per heavy atom. The summed E-state index contributed by atoms with van der Waals surface area (Å²) in [6.45, 7) is 7.73. The highest BCUT2D eigenvalue weighted by Crippen LogP contribution is 2.32. The minimum atomic E-state index is -0.550. The van der Waals surface area contributed by atoms with Crippen molar-refractivity contribution in [3.8, 4) is 11.5 Å². The molecule has 0 fully saturated rings. The van der Waals surface area contributed by atoms with Crippen molar-refractivity contribution >= 4 is 16.7 Å². The quantitative estimate of drug-likeness (QED) is 0.286. The highest BCUT2D eigenvalue weighted by molar-refractivity contribution is 5.93. The zero-order chi connectivity index (χ0) is 18.1. The van der Waals surface area contributed by atoms with Crippen LogP contribution in [0.15, 0.2) is 61.7 Å². The van der Waals surface area contributed by atoms with Crippen LogP contribution < -0.4 is 9.47 Å². The summed E-state index contributed by atoms with van der Waals surface area (Å²) in [5, 5.41) is 1.87. The Kier molecular flexibility index (Phi) is 7.04. The average molecular weight is 342 g/mol. The summed E-state index contributed by atoms with van der Waals surface area (Å²) in [5.41, 5.74) is 0.